The Labute approximate surface area is 131 Å². The highest BCUT2D eigenvalue weighted by molar-refractivity contribution is 5.78. The van der Waals surface area contributed by atoms with Gasteiger partial charge in [0.15, 0.2) is 6.61 Å². The van der Waals surface area contributed by atoms with E-state index in [0.29, 0.717) is 13.1 Å². The lowest BCUT2D eigenvalue weighted by atomic mass is 10.1. The molecule has 1 aliphatic rings. The van der Waals surface area contributed by atoms with Gasteiger partial charge in [-0.25, -0.2) is 0 Å². The Kier molecular flexibility index (Phi) is 5.81. The van der Waals surface area contributed by atoms with Crippen molar-refractivity contribution in [2.24, 2.45) is 0 Å². The first-order valence-corrected chi connectivity index (χ1v) is 7.85. The minimum atomic E-state index is -0.104. The summed E-state index contributed by atoms with van der Waals surface area (Å²) in [6.07, 6.45) is 2.48. The van der Waals surface area contributed by atoms with Gasteiger partial charge >= 0.3 is 0 Å². The number of carbonyl (C=O) groups is 2. The maximum Gasteiger partial charge on any atom is 0.258 e. The van der Waals surface area contributed by atoms with Crippen LogP contribution in [-0.4, -0.2) is 42.5 Å². The molecule has 0 spiro atoms. The number of ether oxygens (including phenoxy) is 1. The summed E-state index contributed by atoms with van der Waals surface area (Å²) < 4.78 is 5.61. The average molecular weight is 304 g/mol. The highest BCUT2D eigenvalue weighted by Crippen LogP contribution is 2.18. The summed E-state index contributed by atoms with van der Waals surface area (Å²) in [6, 6.07) is 7.90. The number of carbonyl (C=O) groups excluding carboxylic acids is 2. The molecule has 0 aromatic heterocycles. The molecule has 0 bridgehead atoms. The molecule has 0 saturated carbocycles. The second kappa shape index (κ2) is 7.82. The van der Waals surface area contributed by atoms with Gasteiger partial charge in [0.25, 0.3) is 5.91 Å². The molecule has 1 saturated heterocycles. The lowest BCUT2D eigenvalue weighted by molar-refractivity contribution is -0.130. The number of aryl methyl sites for hydroxylation is 1. The molecule has 0 aliphatic carbocycles. The van der Waals surface area contributed by atoms with E-state index in [1.807, 2.05) is 29.2 Å². The van der Waals surface area contributed by atoms with Gasteiger partial charge in [0.05, 0.1) is 0 Å². The average Bonchev–Trinajstić information content (AvgIpc) is 2.53. The van der Waals surface area contributed by atoms with Crippen LogP contribution in [0.1, 0.15) is 32.3 Å². The zero-order valence-corrected chi connectivity index (χ0v) is 13.3. The van der Waals surface area contributed by atoms with Gasteiger partial charge in [0, 0.05) is 26.1 Å². The Balaban J connectivity index is 1.76. The van der Waals surface area contributed by atoms with Gasteiger partial charge in [-0.05, 0) is 30.9 Å². The molecule has 1 fully saturated rings. The quantitative estimate of drug-likeness (QED) is 0.901. The molecular weight excluding hydrogens is 280 g/mol. The summed E-state index contributed by atoms with van der Waals surface area (Å²) in [5, 5.41) is 2.98. The number of amides is 2. The number of hydrogen-bond acceptors (Lipinski definition) is 3. The Morgan fingerprint density at radius 3 is 2.59 bits per heavy atom. The van der Waals surface area contributed by atoms with Crippen molar-refractivity contribution in [1.82, 2.24) is 10.2 Å². The summed E-state index contributed by atoms with van der Waals surface area (Å²) in [7, 11) is 0. The number of benzene rings is 1. The molecule has 1 aliphatic heterocycles. The standard InChI is InChI=1S/C17H24N2O3/c1-3-14-6-4-5-7-16(14)22-12-17(21)18-15-8-10-19(11-9-15)13(2)20/h4-7,15H,3,8-12H2,1-2H3,(H,18,21). The van der Waals surface area contributed by atoms with E-state index < -0.39 is 0 Å². The van der Waals surface area contributed by atoms with Crippen molar-refractivity contribution in [3.63, 3.8) is 0 Å². The van der Waals surface area contributed by atoms with Crippen LogP contribution in [0.3, 0.4) is 0 Å². The maximum atomic E-state index is 12.0. The molecule has 5 nitrogen and oxygen atoms in total. The summed E-state index contributed by atoms with van der Waals surface area (Å²) in [4.78, 5) is 25.1. The molecule has 22 heavy (non-hydrogen) atoms. The molecule has 120 valence electrons. The van der Waals surface area contributed by atoms with Crippen molar-refractivity contribution in [2.45, 2.75) is 39.2 Å². The lowest BCUT2D eigenvalue weighted by Gasteiger charge is -2.31. The van der Waals surface area contributed by atoms with Gasteiger partial charge < -0.3 is 15.0 Å². The first-order chi connectivity index (χ1) is 10.6. The molecule has 2 rings (SSSR count). The minimum Gasteiger partial charge on any atom is -0.483 e. The van der Waals surface area contributed by atoms with E-state index in [1.165, 1.54) is 0 Å². The number of piperidine rings is 1. The van der Waals surface area contributed by atoms with Crippen LogP contribution in [0.15, 0.2) is 24.3 Å². The molecule has 0 unspecified atom stereocenters. The molecule has 1 heterocycles. The Hall–Kier alpha value is -2.04. The second-order valence-electron chi connectivity index (χ2n) is 5.60. The van der Waals surface area contributed by atoms with Crippen LogP contribution in [0.4, 0.5) is 0 Å². The highest BCUT2D eigenvalue weighted by Gasteiger charge is 2.22. The van der Waals surface area contributed by atoms with Gasteiger partial charge in [-0.1, -0.05) is 25.1 Å². The predicted molar refractivity (Wildman–Crippen MR) is 84.7 cm³/mol. The van der Waals surface area contributed by atoms with Crippen LogP contribution in [0.25, 0.3) is 0 Å². The molecule has 2 amide bonds. The summed E-state index contributed by atoms with van der Waals surface area (Å²) in [5.41, 5.74) is 1.10. The number of hydrogen-bond donors (Lipinski definition) is 1. The first kappa shape index (κ1) is 16.3. The Bertz CT molecular complexity index is 522. The molecule has 0 radical (unpaired) electrons. The Morgan fingerprint density at radius 2 is 1.95 bits per heavy atom. The number of nitrogens with one attached hydrogen (secondary N) is 1. The fourth-order valence-electron chi connectivity index (χ4n) is 2.69. The molecule has 5 heteroatoms. The van der Waals surface area contributed by atoms with Gasteiger partial charge in [-0.15, -0.1) is 0 Å². The third-order valence-corrected chi connectivity index (χ3v) is 4.02. The topological polar surface area (TPSA) is 58.6 Å². The SMILES string of the molecule is CCc1ccccc1OCC(=O)NC1CCN(C(C)=O)CC1. The van der Waals surface area contributed by atoms with Gasteiger partial charge in [0.2, 0.25) is 5.91 Å². The van der Waals surface area contributed by atoms with Crippen LogP contribution in [0.5, 0.6) is 5.75 Å². The normalized spacial score (nSPS) is 15.5. The van der Waals surface area contributed by atoms with Gasteiger partial charge in [-0.3, -0.25) is 9.59 Å². The molecule has 1 aromatic carbocycles. The van der Waals surface area contributed by atoms with Gasteiger partial charge in [0.1, 0.15) is 5.75 Å². The largest absolute Gasteiger partial charge is 0.483 e. The second-order valence-corrected chi connectivity index (χ2v) is 5.60. The van der Waals surface area contributed by atoms with Crippen molar-refractivity contribution < 1.29 is 14.3 Å². The van der Waals surface area contributed by atoms with Crippen LogP contribution in [0.2, 0.25) is 0 Å². The van der Waals surface area contributed by atoms with Crippen molar-refractivity contribution in [3.8, 4) is 5.75 Å². The summed E-state index contributed by atoms with van der Waals surface area (Å²) in [6.45, 7) is 5.09. The highest BCUT2D eigenvalue weighted by atomic mass is 16.5. The first-order valence-electron chi connectivity index (χ1n) is 7.85. The van der Waals surface area contributed by atoms with Crippen molar-refractivity contribution in [3.05, 3.63) is 29.8 Å². The third-order valence-electron chi connectivity index (χ3n) is 4.02. The lowest BCUT2D eigenvalue weighted by Crippen LogP contribution is -2.47. The Morgan fingerprint density at radius 1 is 1.27 bits per heavy atom. The van der Waals surface area contributed by atoms with Crippen LogP contribution < -0.4 is 10.1 Å². The molecular formula is C17H24N2O3. The number of likely N-dealkylation sites (tertiary alicyclic amines) is 1. The van der Waals surface area contributed by atoms with Crippen LogP contribution >= 0.6 is 0 Å². The van der Waals surface area contributed by atoms with Crippen molar-refractivity contribution >= 4 is 11.8 Å². The summed E-state index contributed by atoms with van der Waals surface area (Å²) >= 11 is 0. The monoisotopic (exact) mass is 304 g/mol. The van der Waals surface area contributed by atoms with Crippen LogP contribution in [-0.2, 0) is 16.0 Å². The van der Waals surface area contributed by atoms with E-state index in [0.717, 1.165) is 30.6 Å². The van der Waals surface area contributed by atoms with E-state index in [1.54, 1.807) is 6.92 Å². The number of nitrogens with zero attached hydrogens (tertiary/aromatic N) is 1. The van der Waals surface area contributed by atoms with E-state index in [-0.39, 0.29) is 24.5 Å². The van der Waals surface area contributed by atoms with Crippen LogP contribution in [0, 0.1) is 0 Å². The maximum absolute atomic E-state index is 12.0. The van der Waals surface area contributed by atoms with Crippen molar-refractivity contribution in [2.75, 3.05) is 19.7 Å². The van der Waals surface area contributed by atoms with E-state index >= 15 is 0 Å². The van der Waals surface area contributed by atoms with Crippen molar-refractivity contribution in [1.29, 1.82) is 0 Å². The number of para-hydroxylation sites is 1. The number of rotatable bonds is 5. The van der Waals surface area contributed by atoms with E-state index in [2.05, 4.69) is 12.2 Å². The predicted octanol–water partition coefficient (Wildman–Crippen LogP) is 1.75. The smallest absolute Gasteiger partial charge is 0.258 e. The van der Waals surface area contributed by atoms with E-state index in [9.17, 15) is 9.59 Å². The molecule has 1 N–H and O–H groups in total. The fourth-order valence-corrected chi connectivity index (χ4v) is 2.69. The molecule has 0 atom stereocenters. The summed E-state index contributed by atoms with van der Waals surface area (Å²) in [5.74, 6) is 0.767. The zero-order valence-electron chi connectivity index (χ0n) is 13.3. The zero-order chi connectivity index (χ0) is 15.9. The fraction of sp³-hybridized carbons (Fsp3) is 0.529. The van der Waals surface area contributed by atoms with E-state index in [4.69, 9.17) is 4.74 Å². The minimum absolute atomic E-state index is 0.0317. The third kappa shape index (κ3) is 4.48. The molecule has 1 aromatic rings. The van der Waals surface area contributed by atoms with Gasteiger partial charge in [-0.2, -0.15) is 0 Å².